The normalized spacial score (nSPS) is 27.4. The highest BCUT2D eigenvalue weighted by atomic mass is 32.2. The van der Waals surface area contributed by atoms with E-state index in [9.17, 15) is 0 Å². The highest BCUT2D eigenvalue weighted by Gasteiger charge is 2.41. The van der Waals surface area contributed by atoms with E-state index in [1.54, 1.807) is 0 Å². The zero-order valence-corrected chi connectivity index (χ0v) is 17.0. The summed E-state index contributed by atoms with van der Waals surface area (Å²) in [6, 6.07) is 2.88. The van der Waals surface area contributed by atoms with Crippen LogP contribution in [0.4, 0.5) is 0 Å². The largest absolute Gasteiger partial charge is 0.372 e. The second kappa shape index (κ2) is 8.13. The van der Waals surface area contributed by atoms with Gasteiger partial charge in [0.2, 0.25) is 0 Å². The lowest BCUT2D eigenvalue weighted by atomic mass is 9.88. The van der Waals surface area contributed by atoms with Crippen molar-refractivity contribution in [1.29, 1.82) is 0 Å². The topological polar surface area (TPSA) is 41.5 Å². The van der Waals surface area contributed by atoms with E-state index in [0.29, 0.717) is 5.92 Å². The summed E-state index contributed by atoms with van der Waals surface area (Å²) < 4.78 is 6.34. The first-order chi connectivity index (χ1) is 12.6. The molecule has 3 aliphatic heterocycles. The average Bonchev–Trinajstić information content (AvgIpc) is 3.17. The highest BCUT2D eigenvalue weighted by molar-refractivity contribution is 7.99. The van der Waals surface area contributed by atoms with Crippen LogP contribution in [0.15, 0.2) is 12.3 Å². The molecular formula is C20H32N4OS. The molecular weight excluding hydrogens is 344 g/mol. The Hall–Kier alpha value is -0.690. The Morgan fingerprint density at radius 1 is 1.31 bits per heavy atom. The van der Waals surface area contributed by atoms with Crippen LogP contribution in [0.3, 0.4) is 0 Å². The van der Waals surface area contributed by atoms with Crippen LogP contribution >= 0.6 is 11.8 Å². The van der Waals surface area contributed by atoms with Crippen molar-refractivity contribution >= 4 is 11.8 Å². The van der Waals surface area contributed by atoms with Gasteiger partial charge in [0.25, 0.3) is 0 Å². The zero-order chi connectivity index (χ0) is 18.0. The molecule has 0 aliphatic carbocycles. The number of hydrogen-bond acceptors (Lipinski definition) is 6. The van der Waals surface area contributed by atoms with Crippen molar-refractivity contribution < 1.29 is 4.74 Å². The fourth-order valence-electron chi connectivity index (χ4n) is 4.48. The van der Waals surface area contributed by atoms with Gasteiger partial charge in [-0.25, -0.2) is 9.97 Å². The number of rotatable bonds is 4. The fraction of sp³-hybridized carbons (Fsp3) is 0.800. The predicted octanol–water partition coefficient (Wildman–Crippen LogP) is 2.77. The first kappa shape index (κ1) is 18.7. The van der Waals surface area contributed by atoms with Crippen LogP contribution in [0.25, 0.3) is 0 Å². The lowest BCUT2D eigenvalue weighted by Gasteiger charge is -2.48. The van der Waals surface area contributed by atoms with E-state index < -0.39 is 0 Å². The van der Waals surface area contributed by atoms with E-state index in [1.807, 2.05) is 6.20 Å². The molecule has 144 valence electrons. The van der Waals surface area contributed by atoms with E-state index in [0.717, 1.165) is 43.8 Å². The molecule has 3 aliphatic rings. The lowest BCUT2D eigenvalue weighted by Crippen LogP contribution is -2.57. The number of ether oxygens (including phenoxy) is 1. The Morgan fingerprint density at radius 3 is 2.88 bits per heavy atom. The number of aromatic nitrogens is 2. The van der Waals surface area contributed by atoms with Gasteiger partial charge in [-0.1, -0.05) is 13.8 Å². The van der Waals surface area contributed by atoms with Gasteiger partial charge >= 0.3 is 0 Å². The lowest BCUT2D eigenvalue weighted by molar-refractivity contribution is -0.140. The Bertz CT molecular complexity index is 597. The Labute approximate surface area is 161 Å². The van der Waals surface area contributed by atoms with E-state index >= 15 is 0 Å². The third-order valence-electron chi connectivity index (χ3n) is 6.09. The molecule has 5 nitrogen and oxygen atoms in total. The Balaban J connectivity index is 1.35. The third-order valence-corrected chi connectivity index (χ3v) is 7.24. The molecule has 6 heteroatoms. The van der Waals surface area contributed by atoms with Crippen LogP contribution in [0.2, 0.25) is 0 Å². The molecule has 3 saturated heterocycles. The standard InChI is InChI=1S/C20H32N4OS/c1-16(2)19-21-7-3-17(22-19)13-23-10-11-25-20(15-23)5-8-24(9-6-20)18-4-12-26-14-18/h3,7,16,18H,4-6,8-15H2,1-2H3. The smallest absolute Gasteiger partial charge is 0.131 e. The van der Waals surface area contributed by atoms with Crippen molar-refractivity contribution in [3.05, 3.63) is 23.8 Å². The fourth-order valence-corrected chi connectivity index (χ4v) is 5.73. The number of thioether (sulfide) groups is 1. The molecule has 0 bridgehead atoms. The molecule has 1 unspecified atom stereocenters. The maximum absolute atomic E-state index is 6.34. The third kappa shape index (κ3) is 4.24. The maximum atomic E-state index is 6.34. The van der Waals surface area contributed by atoms with Crippen LogP contribution in [-0.2, 0) is 11.3 Å². The number of piperidine rings is 1. The van der Waals surface area contributed by atoms with Gasteiger partial charge in [-0.3, -0.25) is 9.80 Å². The van der Waals surface area contributed by atoms with Crippen molar-refractivity contribution in [2.24, 2.45) is 0 Å². The molecule has 0 radical (unpaired) electrons. The second-order valence-electron chi connectivity index (χ2n) is 8.36. The van der Waals surface area contributed by atoms with Gasteiger partial charge in [0.15, 0.2) is 0 Å². The number of hydrogen-bond donors (Lipinski definition) is 0. The number of nitrogens with zero attached hydrogens (tertiary/aromatic N) is 4. The number of morpholine rings is 1. The molecule has 0 saturated carbocycles. The van der Waals surface area contributed by atoms with Gasteiger partial charge in [-0.15, -0.1) is 0 Å². The van der Waals surface area contributed by atoms with Crippen molar-refractivity contribution in [3.63, 3.8) is 0 Å². The zero-order valence-electron chi connectivity index (χ0n) is 16.2. The van der Waals surface area contributed by atoms with Gasteiger partial charge < -0.3 is 4.74 Å². The molecule has 26 heavy (non-hydrogen) atoms. The summed E-state index contributed by atoms with van der Waals surface area (Å²) in [7, 11) is 0. The molecule has 4 heterocycles. The molecule has 0 N–H and O–H groups in total. The van der Waals surface area contributed by atoms with E-state index in [4.69, 9.17) is 9.72 Å². The summed E-state index contributed by atoms with van der Waals surface area (Å²) in [6.45, 7) is 10.5. The van der Waals surface area contributed by atoms with Crippen molar-refractivity contribution in [2.45, 2.75) is 57.2 Å². The first-order valence-electron chi connectivity index (χ1n) is 10.1. The van der Waals surface area contributed by atoms with E-state index in [2.05, 4.69) is 46.5 Å². The summed E-state index contributed by atoms with van der Waals surface area (Å²) in [4.78, 5) is 14.4. The minimum absolute atomic E-state index is 0.0639. The highest BCUT2D eigenvalue weighted by Crippen LogP contribution is 2.33. The molecule has 1 spiro atoms. The maximum Gasteiger partial charge on any atom is 0.131 e. The molecule has 1 aromatic rings. The van der Waals surface area contributed by atoms with Crippen LogP contribution in [-0.4, -0.2) is 75.7 Å². The van der Waals surface area contributed by atoms with Crippen molar-refractivity contribution in [2.75, 3.05) is 44.3 Å². The van der Waals surface area contributed by atoms with Crippen LogP contribution < -0.4 is 0 Å². The first-order valence-corrected chi connectivity index (χ1v) is 11.3. The summed E-state index contributed by atoms with van der Waals surface area (Å²) in [5.74, 6) is 4.00. The molecule has 1 atom stereocenters. The van der Waals surface area contributed by atoms with Crippen molar-refractivity contribution in [3.8, 4) is 0 Å². The minimum atomic E-state index is 0.0639. The van der Waals surface area contributed by atoms with Gasteiger partial charge in [-0.05, 0) is 31.1 Å². The average molecular weight is 377 g/mol. The van der Waals surface area contributed by atoms with Gasteiger partial charge in [0.05, 0.1) is 17.9 Å². The predicted molar refractivity (Wildman–Crippen MR) is 107 cm³/mol. The quantitative estimate of drug-likeness (QED) is 0.805. The molecule has 1 aromatic heterocycles. The van der Waals surface area contributed by atoms with Crippen molar-refractivity contribution in [1.82, 2.24) is 19.8 Å². The molecule has 0 aromatic carbocycles. The SMILES string of the molecule is CC(C)c1nccc(CN2CCOC3(CCN(C4CCSC4)CC3)C2)n1. The number of likely N-dealkylation sites (tertiary alicyclic amines) is 1. The molecule has 3 fully saturated rings. The molecule has 4 rings (SSSR count). The summed E-state index contributed by atoms with van der Waals surface area (Å²) in [6.07, 6.45) is 5.62. The second-order valence-corrected chi connectivity index (χ2v) is 9.51. The van der Waals surface area contributed by atoms with Crippen LogP contribution in [0, 0.1) is 0 Å². The van der Waals surface area contributed by atoms with Gasteiger partial charge in [-0.2, -0.15) is 11.8 Å². The molecule has 0 amide bonds. The Morgan fingerprint density at radius 2 is 2.15 bits per heavy atom. The Kier molecular flexibility index (Phi) is 5.84. The summed E-state index contributed by atoms with van der Waals surface area (Å²) in [5, 5.41) is 0. The summed E-state index contributed by atoms with van der Waals surface area (Å²) >= 11 is 2.11. The minimum Gasteiger partial charge on any atom is -0.372 e. The van der Waals surface area contributed by atoms with E-state index in [1.165, 1.54) is 43.9 Å². The van der Waals surface area contributed by atoms with Gasteiger partial charge in [0.1, 0.15) is 5.82 Å². The van der Waals surface area contributed by atoms with Crippen LogP contribution in [0.1, 0.15) is 50.5 Å². The monoisotopic (exact) mass is 376 g/mol. The van der Waals surface area contributed by atoms with Gasteiger partial charge in [0, 0.05) is 56.6 Å². The summed E-state index contributed by atoms with van der Waals surface area (Å²) in [5.41, 5.74) is 1.20. The van der Waals surface area contributed by atoms with Crippen LogP contribution in [0.5, 0.6) is 0 Å². The van der Waals surface area contributed by atoms with E-state index in [-0.39, 0.29) is 5.60 Å².